The van der Waals surface area contributed by atoms with Crippen LogP contribution in [0.2, 0.25) is 0 Å². The lowest BCUT2D eigenvalue weighted by Gasteiger charge is -2.29. The molecule has 0 saturated carbocycles. The Bertz CT molecular complexity index is 679. The average molecular weight is 529 g/mol. The molecule has 0 fully saturated rings. The number of hydrogen-bond donors (Lipinski definition) is 1. The average Bonchev–Trinajstić information content (AvgIpc) is 2.89. The minimum absolute atomic E-state index is 0.0307. The second-order valence-corrected chi connectivity index (χ2v) is 9.60. The number of rotatable bonds is 5. The maximum absolute atomic E-state index is 11.6. The molecule has 0 bridgehead atoms. The Kier molecular flexibility index (Phi) is 18.2. The fourth-order valence-electron chi connectivity index (χ4n) is 4.02. The number of cyclic esters (lactones) is 2. The molecule has 0 amide bonds. The summed E-state index contributed by atoms with van der Waals surface area (Å²) >= 11 is 0. The molecule has 0 aliphatic carbocycles. The summed E-state index contributed by atoms with van der Waals surface area (Å²) < 4.78 is 31.8. The molecule has 0 radical (unpaired) electrons. The van der Waals surface area contributed by atoms with Gasteiger partial charge in [-0.05, 0) is 38.5 Å². The van der Waals surface area contributed by atoms with Crippen molar-refractivity contribution in [2.75, 3.05) is 41.3 Å². The second kappa shape index (κ2) is 20.2. The molecule has 9 nitrogen and oxygen atoms in total. The van der Waals surface area contributed by atoms with Crippen LogP contribution in [0.15, 0.2) is 24.3 Å². The zero-order valence-corrected chi connectivity index (χ0v) is 23.3. The molecule has 9 heteroatoms. The third-order valence-corrected chi connectivity index (χ3v) is 6.40. The largest absolute Gasteiger partial charge is 0.465 e. The van der Waals surface area contributed by atoms with E-state index >= 15 is 0 Å². The molecular formula is C28H48O9. The molecule has 0 aromatic heterocycles. The van der Waals surface area contributed by atoms with E-state index in [1.54, 1.807) is 21.3 Å². The highest BCUT2D eigenvalue weighted by Crippen LogP contribution is 2.18. The molecule has 0 spiro atoms. The number of methoxy groups -OCH3 is 3. The molecule has 2 heterocycles. The first-order valence-electron chi connectivity index (χ1n) is 13.3. The van der Waals surface area contributed by atoms with Crippen LogP contribution in [0, 0.1) is 11.8 Å². The summed E-state index contributed by atoms with van der Waals surface area (Å²) in [7, 11) is 4.81. The number of aliphatic hydroxyl groups excluding tert-OH is 1. The fraction of sp³-hybridized carbons (Fsp3) is 0.786. The van der Waals surface area contributed by atoms with Gasteiger partial charge in [-0.25, -0.2) is 0 Å². The van der Waals surface area contributed by atoms with Crippen LogP contribution in [0.4, 0.5) is 0 Å². The molecule has 0 saturated heterocycles. The van der Waals surface area contributed by atoms with Crippen LogP contribution in [-0.2, 0) is 38.0 Å². The summed E-state index contributed by atoms with van der Waals surface area (Å²) in [6, 6.07) is 0. The van der Waals surface area contributed by atoms with Gasteiger partial charge in [-0.15, -0.1) is 0 Å². The molecule has 2 aliphatic heterocycles. The van der Waals surface area contributed by atoms with Crippen LogP contribution in [0.3, 0.4) is 0 Å². The summed E-state index contributed by atoms with van der Waals surface area (Å²) in [6.07, 6.45) is 13.1. The van der Waals surface area contributed by atoms with E-state index in [4.69, 9.17) is 28.4 Å². The predicted molar refractivity (Wildman–Crippen MR) is 140 cm³/mol. The van der Waals surface area contributed by atoms with Crippen molar-refractivity contribution in [3.05, 3.63) is 24.3 Å². The smallest absolute Gasteiger partial charge is 0.305 e. The van der Waals surface area contributed by atoms with E-state index in [0.29, 0.717) is 19.4 Å². The SMILES string of the molecule is COCO[C@H]1[C@H](C)COC(=O)CCCC/C=C/[C@@H]1OC.CO[C@H]1/C=C/CCCCC(=O)OC[C@@H](C)[C@@H]1O. The minimum Gasteiger partial charge on any atom is -0.465 e. The van der Waals surface area contributed by atoms with Crippen LogP contribution >= 0.6 is 0 Å². The van der Waals surface area contributed by atoms with Gasteiger partial charge in [0.1, 0.15) is 19.0 Å². The van der Waals surface area contributed by atoms with Crippen molar-refractivity contribution in [3.8, 4) is 0 Å². The summed E-state index contributed by atoms with van der Waals surface area (Å²) in [6.45, 7) is 4.61. The quantitative estimate of drug-likeness (QED) is 0.322. The molecule has 2 rings (SSSR count). The Morgan fingerprint density at radius 3 is 1.84 bits per heavy atom. The zero-order chi connectivity index (χ0) is 27.5. The van der Waals surface area contributed by atoms with Crippen LogP contribution < -0.4 is 0 Å². The van der Waals surface area contributed by atoms with Crippen molar-refractivity contribution < 1.29 is 43.1 Å². The van der Waals surface area contributed by atoms with Gasteiger partial charge in [0.05, 0.1) is 25.4 Å². The number of carbonyl (C=O) groups is 2. The Hall–Kier alpha value is -1.78. The number of ether oxygens (including phenoxy) is 6. The Balaban J connectivity index is 0.000000375. The van der Waals surface area contributed by atoms with E-state index in [1.807, 2.05) is 32.1 Å². The maximum Gasteiger partial charge on any atom is 0.305 e. The van der Waals surface area contributed by atoms with E-state index in [-0.39, 0.29) is 55.5 Å². The summed E-state index contributed by atoms with van der Waals surface area (Å²) in [5.41, 5.74) is 0. The zero-order valence-electron chi connectivity index (χ0n) is 23.3. The topological polar surface area (TPSA) is 110 Å². The fourth-order valence-corrected chi connectivity index (χ4v) is 4.02. The Morgan fingerprint density at radius 2 is 1.32 bits per heavy atom. The van der Waals surface area contributed by atoms with Crippen LogP contribution in [0.25, 0.3) is 0 Å². The lowest BCUT2D eigenvalue weighted by atomic mass is 9.99. The van der Waals surface area contributed by atoms with Gasteiger partial charge in [-0.3, -0.25) is 9.59 Å². The summed E-state index contributed by atoms with van der Waals surface area (Å²) in [4.78, 5) is 22.9. The van der Waals surface area contributed by atoms with Gasteiger partial charge in [0, 0.05) is 46.0 Å². The van der Waals surface area contributed by atoms with E-state index in [0.717, 1.165) is 38.5 Å². The molecule has 6 atom stereocenters. The van der Waals surface area contributed by atoms with E-state index in [2.05, 4.69) is 6.08 Å². The van der Waals surface area contributed by atoms with Crippen molar-refractivity contribution in [1.82, 2.24) is 0 Å². The van der Waals surface area contributed by atoms with E-state index in [1.165, 1.54) is 0 Å². The molecule has 0 unspecified atom stereocenters. The monoisotopic (exact) mass is 528 g/mol. The molecule has 214 valence electrons. The highest BCUT2D eigenvalue weighted by atomic mass is 16.7. The highest BCUT2D eigenvalue weighted by Gasteiger charge is 2.28. The molecule has 0 aromatic carbocycles. The molecule has 1 N–H and O–H groups in total. The molecule has 37 heavy (non-hydrogen) atoms. The van der Waals surface area contributed by atoms with E-state index in [9.17, 15) is 14.7 Å². The van der Waals surface area contributed by atoms with Gasteiger partial charge in [-0.2, -0.15) is 0 Å². The number of esters is 2. The maximum atomic E-state index is 11.6. The minimum atomic E-state index is -0.650. The van der Waals surface area contributed by atoms with Crippen LogP contribution in [0.1, 0.15) is 65.2 Å². The Morgan fingerprint density at radius 1 is 0.811 bits per heavy atom. The van der Waals surface area contributed by atoms with Crippen LogP contribution in [-0.4, -0.2) is 82.8 Å². The van der Waals surface area contributed by atoms with Gasteiger partial charge in [0.15, 0.2) is 0 Å². The van der Waals surface area contributed by atoms with Gasteiger partial charge in [0.25, 0.3) is 0 Å². The third-order valence-electron chi connectivity index (χ3n) is 6.40. The first kappa shape index (κ1) is 33.2. The van der Waals surface area contributed by atoms with Gasteiger partial charge < -0.3 is 33.5 Å². The summed E-state index contributed by atoms with van der Waals surface area (Å²) in [5, 5.41) is 10.0. The van der Waals surface area contributed by atoms with Gasteiger partial charge >= 0.3 is 11.9 Å². The van der Waals surface area contributed by atoms with Gasteiger partial charge in [-0.1, -0.05) is 38.2 Å². The predicted octanol–water partition coefficient (Wildman–Crippen LogP) is 3.97. The summed E-state index contributed by atoms with van der Waals surface area (Å²) in [5.74, 6) is -0.417. The van der Waals surface area contributed by atoms with Crippen molar-refractivity contribution in [1.29, 1.82) is 0 Å². The second-order valence-electron chi connectivity index (χ2n) is 9.60. The molecule has 2 aliphatic rings. The van der Waals surface area contributed by atoms with Crippen molar-refractivity contribution in [2.45, 2.75) is 89.6 Å². The van der Waals surface area contributed by atoms with Gasteiger partial charge in [0.2, 0.25) is 0 Å². The number of hydrogen-bond acceptors (Lipinski definition) is 9. The number of aliphatic hydroxyl groups is 1. The first-order valence-corrected chi connectivity index (χ1v) is 13.3. The van der Waals surface area contributed by atoms with Crippen molar-refractivity contribution in [3.63, 3.8) is 0 Å². The van der Waals surface area contributed by atoms with Crippen LogP contribution in [0.5, 0.6) is 0 Å². The molecular weight excluding hydrogens is 480 g/mol. The molecule has 0 aromatic rings. The normalized spacial score (nSPS) is 32.5. The van der Waals surface area contributed by atoms with Crippen molar-refractivity contribution >= 4 is 11.9 Å². The lowest BCUT2D eigenvalue weighted by Crippen LogP contribution is -2.38. The highest BCUT2D eigenvalue weighted by molar-refractivity contribution is 5.69. The number of carbonyl (C=O) groups excluding carboxylic acids is 2. The third kappa shape index (κ3) is 14.1. The number of allylic oxidation sites excluding steroid dienone is 2. The lowest BCUT2D eigenvalue weighted by molar-refractivity contribution is -0.154. The van der Waals surface area contributed by atoms with E-state index < -0.39 is 6.10 Å². The standard InChI is InChI=1S/C15H26O5.C13H22O4/c1-12-10-19-14(16)9-7-5-4-6-8-13(18-3)15(12)20-11-17-2;1-10-9-17-12(14)8-6-4-3-5-7-11(16-2)13(10)15/h6,8,12-13,15H,4-5,7,9-11H2,1-3H3;5,7,10-11,13,15H,3-4,6,8-9H2,1-2H3/b8-6+;7-5+/t12-,13+,15+;10-,11+,13+/m11/s1. The van der Waals surface area contributed by atoms with Crippen molar-refractivity contribution in [2.24, 2.45) is 11.8 Å². The first-order chi connectivity index (χ1) is 17.8. The Labute approximate surface area is 222 Å².